The lowest BCUT2D eigenvalue weighted by Gasteiger charge is -2.04. The van der Waals surface area contributed by atoms with Gasteiger partial charge in [-0.15, -0.1) is 0 Å². The molecule has 0 N–H and O–H groups in total. The summed E-state index contributed by atoms with van der Waals surface area (Å²) in [5.74, 6) is -0.00333. The van der Waals surface area contributed by atoms with Gasteiger partial charge in [0.1, 0.15) is 11.8 Å². The molecule has 84 valence electrons. The van der Waals surface area contributed by atoms with E-state index in [1.807, 2.05) is 0 Å². The third-order valence-electron chi connectivity index (χ3n) is 1.41. The molecule has 16 heavy (non-hydrogen) atoms. The average molecular weight is 241 g/mol. The zero-order chi connectivity index (χ0) is 12.0. The molecule has 0 atom stereocenters. The predicted molar refractivity (Wildman–Crippen MR) is 53.0 cm³/mol. The van der Waals surface area contributed by atoms with Crippen molar-refractivity contribution in [2.75, 3.05) is 6.61 Å². The molecule has 7 heteroatoms. The van der Waals surface area contributed by atoms with E-state index in [2.05, 4.69) is 8.92 Å². The third-order valence-corrected chi connectivity index (χ3v) is 2.35. The lowest BCUT2D eigenvalue weighted by atomic mass is 10.3. The smallest absolute Gasteiger partial charge is 0.436 e. The molecule has 0 saturated carbocycles. The molecule has 0 aliphatic heterocycles. The van der Waals surface area contributed by atoms with Gasteiger partial charge < -0.3 is 8.92 Å². The number of carbonyl (C=O) groups is 1. The molecule has 0 radical (unpaired) electrons. The molecule has 1 rings (SSSR count). The number of hydrogen-bond acceptors (Lipinski definition) is 6. The summed E-state index contributed by atoms with van der Waals surface area (Å²) in [7, 11) is -4.50. The number of ether oxygens (including phenoxy) is 1. The summed E-state index contributed by atoms with van der Waals surface area (Å²) in [6, 6.07) is 8.97. The van der Waals surface area contributed by atoms with E-state index in [9.17, 15) is 13.2 Å². The van der Waals surface area contributed by atoms with E-state index >= 15 is 0 Å². The fourth-order valence-corrected chi connectivity index (χ4v) is 1.44. The molecular weight excluding hydrogens is 234 g/mol. The van der Waals surface area contributed by atoms with Crippen LogP contribution in [0.25, 0.3) is 0 Å². The number of hydrogen-bond donors (Lipinski definition) is 0. The van der Waals surface area contributed by atoms with Crippen molar-refractivity contribution in [1.29, 1.82) is 5.26 Å². The maximum atomic E-state index is 11.2. The molecule has 0 aliphatic carbocycles. The van der Waals surface area contributed by atoms with Crippen LogP contribution in [0.5, 0.6) is 5.75 Å². The van der Waals surface area contributed by atoms with Crippen LogP contribution in [0.1, 0.15) is 0 Å². The Morgan fingerprint density at radius 1 is 1.31 bits per heavy atom. The molecule has 0 fully saturated rings. The van der Waals surface area contributed by atoms with Crippen LogP contribution in [0.3, 0.4) is 0 Å². The number of nitrogens with zero attached hydrogens (tertiary/aromatic N) is 1. The van der Waals surface area contributed by atoms with Gasteiger partial charge >= 0.3 is 15.4 Å². The molecule has 1 aromatic carbocycles. The molecule has 0 spiro atoms. The van der Waals surface area contributed by atoms with Crippen LogP contribution in [0.2, 0.25) is 0 Å². The molecule has 0 saturated heterocycles. The Morgan fingerprint density at radius 2 is 1.94 bits per heavy atom. The largest absolute Gasteiger partial charge is 0.464 e. The number of nitriles is 1. The highest BCUT2D eigenvalue weighted by atomic mass is 32.2. The van der Waals surface area contributed by atoms with Crippen LogP contribution in [0.15, 0.2) is 30.3 Å². The Kier molecular flexibility index (Phi) is 3.85. The van der Waals surface area contributed by atoms with E-state index in [1.165, 1.54) is 18.2 Å². The van der Waals surface area contributed by atoms with Crippen molar-refractivity contribution in [3.8, 4) is 11.8 Å². The first-order valence-electron chi connectivity index (χ1n) is 4.09. The highest BCUT2D eigenvalue weighted by Crippen LogP contribution is 2.12. The Hall–Kier alpha value is -2.07. The van der Waals surface area contributed by atoms with Crippen molar-refractivity contribution >= 4 is 15.4 Å². The van der Waals surface area contributed by atoms with Gasteiger partial charge in [-0.2, -0.15) is 13.7 Å². The highest BCUT2D eigenvalue weighted by molar-refractivity contribution is 8.01. The lowest BCUT2D eigenvalue weighted by molar-refractivity contribution is 0.183. The fraction of sp³-hybridized carbons (Fsp3) is 0.111. The van der Waals surface area contributed by atoms with Gasteiger partial charge in [-0.05, 0) is 12.1 Å². The van der Waals surface area contributed by atoms with Gasteiger partial charge in [-0.3, -0.25) is 0 Å². The average Bonchev–Trinajstić information content (AvgIpc) is 2.26. The Labute approximate surface area is 92.1 Å². The maximum Gasteiger partial charge on any atom is 0.464 e. The van der Waals surface area contributed by atoms with E-state index in [0.29, 0.717) is 0 Å². The summed E-state index contributed by atoms with van der Waals surface area (Å²) in [6.45, 7) is -0.643. The number of carbonyl (C=O) groups excluding carboxylic acids is 1. The molecule has 0 amide bonds. The molecule has 0 aromatic heterocycles. The quantitative estimate of drug-likeness (QED) is 0.580. The van der Waals surface area contributed by atoms with Crippen LogP contribution in [0.4, 0.5) is 4.79 Å². The van der Waals surface area contributed by atoms with E-state index in [-0.39, 0.29) is 5.75 Å². The molecule has 1 aromatic rings. The second-order valence-electron chi connectivity index (χ2n) is 2.55. The summed E-state index contributed by atoms with van der Waals surface area (Å²) >= 11 is 0. The van der Waals surface area contributed by atoms with Gasteiger partial charge in [-0.1, -0.05) is 18.2 Å². The Balaban J connectivity index is 2.73. The molecule has 0 heterocycles. The van der Waals surface area contributed by atoms with Crippen LogP contribution in [-0.2, 0) is 14.9 Å². The third kappa shape index (κ3) is 3.25. The maximum absolute atomic E-state index is 11.2. The topological polar surface area (TPSA) is 93.5 Å². The fourth-order valence-electron chi connectivity index (χ4n) is 0.800. The number of benzene rings is 1. The van der Waals surface area contributed by atoms with Gasteiger partial charge in [0.05, 0.1) is 0 Å². The number of rotatable bonds is 3. The van der Waals surface area contributed by atoms with Crippen LogP contribution in [-0.4, -0.2) is 20.3 Å². The summed E-state index contributed by atoms with van der Waals surface area (Å²) in [6.07, 6.45) is 0. The minimum absolute atomic E-state index is 0.00333. The van der Waals surface area contributed by atoms with Crippen molar-refractivity contribution < 1.29 is 22.1 Å². The molecule has 0 bridgehead atoms. The van der Waals surface area contributed by atoms with E-state index in [0.717, 1.165) is 0 Å². The standard InChI is InChI=1S/C9H7NO5S/c10-6-7-14-9(11)16(12,13)15-8-4-2-1-3-5-8/h1-5H,7H2. The van der Waals surface area contributed by atoms with Gasteiger partial charge in [-0.25, -0.2) is 4.79 Å². The second kappa shape index (κ2) is 5.14. The van der Waals surface area contributed by atoms with Crippen LogP contribution < -0.4 is 4.18 Å². The first kappa shape index (κ1) is 12.0. The highest BCUT2D eigenvalue weighted by Gasteiger charge is 2.26. The van der Waals surface area contributed by atoms with Crippen molar-refractivity contribution in [2.45, 2.75) is 0 Å². The van der Waals surface area contributed by atoms with Crippen molar-refractivity contribution in [2.24, 2.45) is 0 Å². The normalized spacial score (nSPS) is 10.2. The summed E-state index contributed by atoms with van der Waals surface area (Å²) in [5.41, 5.74) is 0. The minimum Gasteiger partial charge on any atom is -0.436 e. The van der Waals surface area contributed by atoms with Crippen LogP contribution in [0, 0.1) is 11.3 Å². The SMILES string of the molecule is N#CCOC(=O)S(=O)(=O)Oc1ccccc1. The van der Waals surface area contributed by atoms with Crippen molar-refractivity contribution in [3.63, 3.8) is 0 Å². The second-order valence-corrected chi connectivity index (χ2v) is 3.96. The summed E-state index contributed by atoms with van der Waals surface area (Å²) in [5, 5.41) is 6.52. The van der Waals surface area contributed by atoms with Gasteiger partial charge in [0.15, 0.2) is 6.61 Å². The zero-order valence-corrected chi connectivity index (χ0v) is 8.81. The van der Waals surface area contributed by atoms with E-state index in [4.69, 9.17) is 5.26 Å². The van der Waals surface area contributed by atoms with Gasteiger partial charge in [0.25, 0.3) is 0 Å². The van der Waals surface area contributed by atoms with Gasteiger partial charge in [0, 0.05) is 0 Å². The lowest BCUT2D eigenvalue weighted by Crippen LogP contribution is -2.21. The monoisotopic (exact) mass is 241 g/mol. The Morgan fingerprint density at radius 3 is 2.50 bits per heavy atom. The molecule has 6 nitrogen and oxygen atoms in total. The molecule has 0 aliphatic rings. The van der Waals surface area contributed by atoms with Gasteiger partial charge in [0.2, 0.25) is 0 Å². The summed E-state index contributed by atoms with van der Waals surface area (Å²) in [4.78, 5) is 10.9. The zero-order valence-electron chi connectivity index (χ0n) is 7.99. The van der Waals surface area contributed by atoms with E-state index in [1.54, 1.807) is 18.2 Å². The number of para-hydroxylation sites is 1. The first-order chi connectivity index (χ1) is 7.56. The van der Waals surface area contributed by atoms with Crippen molar-refractivity contribution in [3.05, 3.63) is 30.3 Å². The first-order valence-corrected chi connectivity index (χ1v) is 5.50. The van der Waals surface area contributed by atoms with E-state index < -0.39 is 22.0 Å². The minimum atomic E-state index is -4.50. The van der Waals surface area contributed by atoms with Crippen LogP contribution >= 0.6 is 0 Å². The summed E-state index contributed by atoms with van der Waals surface area (Å²) < 4.78 is 31.0. The molecule has 0 unspecified atom stereocenters. The Bertz CT molecular complexity index is 502. The molecular formula is C9H7NO5S. The predicted octanol–water partition coefficient (Wildman–Crippen LogP) is 1.06. The van der Waals surface area contributed by atoms with Crippen molar-refractivity contribution in [1.82, 2.24) is 0 Å².